The molecular weight excluding hydrogens is 266 g/mol. The molecule has 0 aliphatic carbocycles. The van der Waals surface area contributed by atoms with Crippen LogP contribution in [0.15, 0.2) is 0 Å². The van der Waals surface area contributed by atoms with E-state index in [2.05, 4.69) is 45.0 Å². The molecular formula is C16H29N3S. The van der Waals surface area contributed by atoms with E-state index in [-0.39, 0.29) is 5.54 Å². The molecule has 1 atom stereocenters. The van der Waals surface area contributed by atoms with Crippen molar-refractivity contribution in [2.24, 2.45) is 0 Å². The SMILES string of the molecule is CCc1nc(C2(NC(C)C)CCCN(C)CC2)sc1C. The molecule has 0 saturated carbocycles. The van der Waals surface area contributed by atoms with Crippen LogP contribution in [0.4, 0.5) is 0 Å². The van der Waals surface area contributed by atoms with Crippen molar-refractivity contribution >= 4 is 11.3 Å². The van der Waals surface area contributed by atoms with Gasteiger partial charge in [0.2, 0.25) is 0 Å². The van der Waals surface area contributed by atoms with Gasteiger partial charge < -0.3 is 10.2 Å². The van der Waals surface area contributed by atoms with Gasteiger partial charge in [-0.15, -0.1) is 11.3 Å². The monoisotopic (exact) mass is 295 g/mol. The van der Waals surface area contributed by atoms with E-state index in [1.807, 2.05) is 11.3 Å². The minimum absolute atomic E-state index is 0.0851. The molecule has 0 bridgehead atoms. The van der Waals surface area contributed by atoms with E-state index in [0.717, 1.165) is 19.4 Å². The number of aryl methyl sites for hydroxylation is 2. The molecule has 1 aliphatic heterocycles. The van der Waals surface area contributed by atoms with Crippen LogP contribution in [0.3, 0.4) is 0 Å². The Balaban J connectivity index is 2.34. The second kappa shape index (κ2) is 6.54. The zero-order valence-electron chi connectivity index (χ0n) is 13.6. The summed E-state index contributed by atoms with van der Waals surface area (Å²) in [7, 11) is 2.23. The summed E-state index contributed by atoms with van der Waals surface area (Å²) >= 11 is 1.90. The summed E-state index contributed by atoms with van der Waals surface area (Å²) in [6.07, 6.45) is 4.65. The van der Waals surface area contributed by atoms with Gasteiger partial charge in [0, 0.05) is 17.5 Å². The molecule has 1 aromatic rings. The third-order valence-corrected chi connectivity index (χ3v) is 5.48. The van der Waals surface area contributed by atoms with Crippen LogP contribution in [0, 0.1) is 6.92 Å². The number of rotatable bonds is 4. The summed E-state index contributed by atoms with van der Waals surface area (Å²) in [4.78, 5) is 8.82. The second-order valence-corrected chi connectivity index (χ2v) is 7.62. The van der Waals surface area contributed by atoms with Crippen molar-refractivity contribution in [2.75, 3.05) is 20.1 Å². The summed E-state index contributed by atoms with van der Waals surface area (Å²) < 4.78 is 0. The highest BCUT2D eigenvalue weighted by Crippen LogP contribution is 2.37. The summed E-state index contributed by atoms with van der Waals surface area (Å²) in [6.45, 7) is 11.3. The zero-order chi connectivity index (χ0) is 14.8. The van der Waals surface area contributed by atoms with Crippen molar-refractivity contribution in [2.45, 2.75) is 65.0 Å². The lowest BCUT2D eigenvalue weighted by atomic mass is 9.90. The lowest BCUT2D eigenvalue weighted by Gasteiger charge is -2.34. The molecule has 1 aliphatic rings. The van der Waals surface area contributed by atoms with E-state index in [9.17, 15) is 0 Å². The number of thiazole rings is 1. The molecule has 0 aromatic carbocycles. The lowest BCUT2D eigenvalue weighted by Crippen LogP contribution is -2.46. The van der Waals surface area contributed by atoms with E-state index in [1.54, 1.807) is 0 Å². The standard InChI is InChI=1S/C16H29N3S/c1-6-14-13(4)20-15(17-14)16(18-12(2)3)8-7-10-19(5)11-9-16/h12,18H,6-11H2,1-5H3. The molecule has 20 heavy (non-hydrogen) atoms. The van der Waals surface area contributed by atoms with Gasteiger partial charge in [-0.25, -0.2) is 4.98 Å². The summed E-state index contributed by atoms with van der Waals surface area (Å²) in [6, 6.07) is 0.493. The number of likely N-dealkylation sites (tertiary alicyclic amines) is 1. The number of nitrogens with zero attached hydrogens (tertiary/aromatic N) is 2. The fourth-order valence-electron chi connectivity index (χ4n) is 3.20. The fraction of sp³-hybridized carbons (Fsp3) is 0.812. The van der Waals surface area contributed by atoms with Gasteiger partial charge in [0.05, 0.1) is 11.2 Å². The van der Waals surface area contributed by atoms with Gasteiger partial charge in [0.25, 0.3) is 0 Å². The second-order valence-electron chi connectivity index (χ2n) is 6.41. The van der Waals surface area contributed by atoms with Gasteiger partial charge in [0.15, 0.2) is 0 Å². The van der Waals surface area contributed by atoms with E-state index >= 15 is 0 Å². The maximum absolute atomic E-state index is 4.98. The smallest absolute Gasteiger partial charge is 0.113 e. The number of nitrogens with one attached hydrogen (secondary N) is 1. The molecule has 1 aromatic heterocycles. The first kappa shape index (κ1) is 15.9. The molecule has 0 radical (unpaired) electrons. The van der Waals surface area contributed by atoms with E-state index < -0.39 is 0 Å². The molecule has 0 amide bonds. The van der Waals surface area contributed by atoms with E-state index in [1.165, 1.54) is 35.0 Å². The summed E-state index contributed by atoms with van der Waals surface area (Å²) in [5.41, 5.74) is 1.37. The highest BCUT2D eigenvalue weighted by Gasteiger charge is 2.37. The molecule has 1 N–H and O–H groups in total. The minimum Gasteiger partial charge on any atom is -0.306 e. The molecule has 114 valence electrons. The van der Waals surface area contributed by atoms with Crippen LogP contribution in [0.1, 0.15) is 55.6 Å². The lowest BCUT2D eigenvalue weighted by molar-refractivity contribution is 0.259. The number of hydrogen-bond acceptors (Lipinski definition) is 4. The third kappa shape index (κ3) is 3.41. The Bertz CT molecular complexity index is 441. The molecule has 3 nitrogen and oxygen atoms in total. The maximum Gasteiger partial charge on any atom is 0.113 e. The average molecular weight is 295 g/mol. The molecule has 2 rings (SSSR count). The Kier molecular flexibility index (Phi) is 5.21. The Hall–Kier alpha value is -0.450. The molecule has 1 saturated heterocycles. The highest BCUT2D eigenvalue weighted by molar-refractivity contribution is 7.11. The largest absolute Gasteiger partial charge is 0.306 e. The topological polar surface area (TPSA) is 28.2 Å². The molecule has 2 heterocycles. The van der Waals surface area contributed by atoms with Crippen molar-refractivity contribution in [3.05, 3.63) is 15.6 Å². The van der Waals surface area contributed by atoms with Crippen LogP contribution in [-0.2, 0) is 12.0 Å². The predicted molar refractivity (Wildman–Crippen MR) is 87.5 cm³/mol. The normalized spacial score (nSPS) is 25.1. The van der Waals surface area contributed by atoms with Crippen LogP contribution < -0.4 is 5.32 Å². The Morgan fingerprint density at radius 3 is 2.70 bits per heavy atom. The third-order valence-electron chi connectivity index (χ3n) is 4.27. The van der Waals surface area contributed by atoms with Gasteiger partial charge in [-0.1, -0.05) is 6.92 Å². The maximum atomic E-state index is 4.98. The summed E-state index contributed by atoms with van der Waals surface area (Å²) in [5, 5.41) is 5.17. The number of hydrogen-bond donors (Lipinski definition) is 1. The Morgan fingerprint density at radius 1 is 1.35 bits per heavy atom. The average Bonchev–Trinajstić information content (AvgIpc) is 2.67. The molecule has 4 heteroatoms. The first-order valence-corrected chi connectivity index (χ1v) is 8.71. The van der Waals surface area contributed by atoms with E-state index in [4.69, 9.17) is 4.98 Å². The van der Waals surface area contributed by atoms with Crippen LogP contribution in [0.5, 0.6) is 0 Å². The van der Waals surface area contributed by atoms with Crippen LogP contribution in [0.2, 0.25) is 0 Å². The van der Waals surface area contributed by atoms with Gasteiger partial charge in [-0.05, 0) is 60.0 Å². The Morgan fingerprint density at radius 2 is 2.10 bits per heavy atom. The van der Waals surface area contributed by atoms with Gasteiger partial charge >= 0.3 is 0 Å². The van der Waals surface area contributed by atoms with Crippen LogP contribution >= 0.6 is 11.3 Å². The van der Waals surface area contributed by atoms with Crippen LogP contribution in [0.25, 0.3) is 0 Å². The van der Waals surface area contributed by atoms with Gasteiger partial charge in [0.1, 0.15) is 5.01 Å². The van der Waals surface area contributed by atoms with Crippen molar-refractivity contribution in [3.63, 3.8) is 0 Å². The molecule has 1 fully saturated rings. The summed E-state index contributed by atoms with van der Waals surface area (Å²) in [5.74, 6) is 0. The molecule has 0 spiro atoms. The predicted octanol–water partition coefficient (Wildman–Crippen LogP) is 3.32. The van der Waals surface area contributed by atoms with E-state index in [0.29, 0.717) is 6.04 Å². The molecule has 1 unspecified atom stereocenters. The van der Waals surface area contributed by atoms with Crippen LogP contribution in [-0.4, -0.2) is 36.1 Å². The first-order valence-electron chi connectivity index (χ1n) is 7.90. The minimum atomic E-state index is 0.0851. The van der Waals surface area contributed by atoms with Crippen molar-refractivity contribution in [1.29, 1.82) is 0 Å². The van der Waals surface area contributed by atoms with Gasteiger partial charge in [-0.2, -0.15) is 0 Å². The first-order chi connectivity index (χ1) is 9.47. The number of aromatic nitrogens is 1. The zero-order valence-corrected chi connectivity index (χ0v) is 14.4. The quantitative estimate of drug-likeness (QED) is 0.923. The Labute approximate surface area is 127 Å². The van der Waals surface area contributed by atoms with Crippen molar-refractivity contribution < 1.29 is 0 Å². The van der Waals surface area contributed by atoms with Crippen molar-refractivity contribution in [1.82, 2.24) is 15.2 Å². The van der Waals surface area contributed by atoms with Gasteiger partial charge in [-0.3, -0.25) is 0 Å². The highest BCUT2D eigenvalue weighted by atomic mass is 32.1. The van der Waals surface area contributed by atoms with Crippen molar-refractivity contribution in [3.8, 4) is 0 Å². The fourth-order valence-corrected chi connectivity index (χ4v) is 4.41.